The van der Waals surface area contributed by atoms with Crippen LogP contribution in [-0.2, 0) is 4.79 Å². The minimum atomic E-state index is -0.149. The van der Waals surface area contributed by atoms with Gasteiger partial charge in [0.1, 0.15) is 0 Å². The van der Waals surface area contributed by atoms with Crippen LogP contribution in [0.2, 0.25) is 0 Å². The summed E-state index contributed by atoms with van der Waals surface area (Å²) in [6.45, 7) is 7.92. The molecule has 0 spiro atoms. The van der Waals surface area contributed by atoms with Crippen LogP contribution in [0.25, 0.3) is 0 Å². The summed E-state index contributed by atoms with van der Waals surface area (Å²) in [5.41, 5.74) is 4.04. The van der Waals surface area contributed by atoms with Gasteiger partial charge in [-0.1, -0.05) is 13.0 Å². The van der Waals surface area contributed by atoms with E-state index in [0.717, 1.165) is 24.3 Å². The summed E-state index contributed by atoms with van der Waals surface area (Å²) in [6.07, 6.45) is 0.400. The zero-order valence-corrected chi connectivity index (χ0v) is 17.7. The van der Waals surface area contributed by atoms with Crippen LogP contribution in [0.5, 0.6) is 0 Å². The number of benzene rings is 2. The standard InChI is InChI=1S/C23H28N4O3/c1-4-22(29)24-19-8-5-16(2)21(15-19)25-23(30)27-13-11-26(12-14-27)20-9-6-18(7-10-20)17(3)28/h5-10,15H,4,11-14H2,1-3H3,(H,24,29)(H,25,30). The Kier molecular flexibility index (Phi) is 6.72. The van der Waals surface area contributed by atoms with E-state index in [1.807, 2.05) is 43.3 Å². The van der Waals surface area contributed by atoms with E-state index in [1.165, 1.54) is 0 Å². The van der Waals surface area contributed by atoms with Gasteiger partial charge in [-0.2, -0.15) is 0 Å². The third kappa shape index (κ3) is 5.17. The quantitative estimate of drug-likeness (QED) is 0.735. The molecule has 0 aliphatic carbocycles. The van der Waals surface area contributed by atoms with Crippen LogP contribution in [-0.4, -0.2) is 48.8 Å². The van der Waals surface area contributed by atoms with E-state index in [1.54, 1.807) is 24.8 Å². The Morgan fingerprint density at radius 1 is 0.933 bits per heavy atom. The molecule has 1 fully saturated rings. The zero-order chi connectivity index (χ0) is 21.7. The van der Waals surface area contributed by atoms with Gasteiger partial charge in [-0.05, 0) is 55.8 Å². The smallest absolute Gasteiger partial charge is 0.321 e. The van der Waals surface area contributed by atoms with Crippen LogP contribution < -0.4 is 15.5 Å². The first-order valence-corrected chi connectivity index (χ1v) is 10.2. The van der Waals surface area contributed by atoms with E-state index < -0.39 is 0 Å². The summed E-state index contributed by atoms with van der Waals surface area (Å²) in [6, 6.07) is 12.9. The highest BCUT2D eigenvalue weighted by Gasteiger charge is 2.22. The first-order chi connectivity index (χ1) is 14.4. The number of ketones is 1. The van der Waals surface area contributed by atoms with Gasteiger partial charge in [0, 0.05) is 55.2 Å². The van der Waals surface area contributed by atoms with Gasteiger partial charge >= 0.3 is 6.03 Å². The Bertz CT molecular complexity index is 932. The fourth-order valence-electron chi connectivity index (χ4n) is 3.35. The molecular weight excluding hydrogens is 380 g/mol. The number of nitrogens with zero attached hydrogens (tertiary/aromatic N) is 2. The van der Waals surface area contributed by atoms with E-state index >= 15 is 0 Å². The van der Waals surface area contributed by atoms with E-state index in [-0.39, 0.29) is 17.7 Å². The first kappa shape index (κ1) is 21.4. The normalized spacial score (nSPS) is 13.7. The third-order valence-corrected chi connectivity index (χ3v) is 5.29. The van der Waals surface area contributed by atoms with Gasteiger partial charge in [0.25, 0.3) is 0 Å². The Morgan fingerprint density at radius 2 is 1.60 bits per heavy atom. The molecule has 1 heterocycles. The van der Waals surface area contributed by atoms with Crippen LogP contribution >= 0.6 is 0 Å². The Balaban J connectivity index is 1.58. The second-order valence-corrected chi connectivity index (χ2v) is 7.44. The van der Waals surface area contributed by atoms with Crippen LogP contribution in [0, 0.1) is 6.92 Å². The molecule has 2 aromatic rings. The molecule has 0 unspecified atom stereocenters. The lowest BCUT2D eigenvalue weighted by atomic mass is 10.1. The number of anilines is 3. The lowest BCUT2D eigenvalue weighted by molar-refractivity contribution is -0.115. The minimum Gasteiger partial charge on any atom is -0.368 e. The average Bonchev–Trinajstić information content (AvgIpc) is 2.76. The maximum Gasteiger partial charge on any atom is 0.321 e. The van der Waals surface area contributed by atoms with E-state index in [0.29, 0.717) is 36.4 Å². The predicted octanol–water partition coefficient (Wildman–Crippen LogP) is 3.90. The molecule has 0 aromatic heterocycles. The number of rotatable bonds is 5. The van der Waals surface area contributed by atoms with E-state index in [9.17, 15) is 14.4 Å². The average molecular weight is 409 g/mol. The molecule has 0 radical (unpaired) electrons. The Morgan fingerprint density at radius 3 is 2.20 bits per heavy atom. The molecule has 7 heteroatoms. The molecule has 1 saturated heterocycles. The van der Waals surface area contributed by atoms with Gasteiger partial charge in [-0.3, -0.25) is 9.59 Å². The molecule has 7 nitrogen and oxygen atoms in total. The van der Waals surface area contributed by atoms with Crippen molar-refractivity contribution < 1.29 is 14.4 Å². The molecule has 3 rings (SSSR count). The van der Waals surface area contributed by atoms with Gasteiger partial charge in [0.15, 0.2) is 5.78 Å². The maximum absolute atomic E-state index is 12.7. The number of amides is 3. The molecular formula is C23H28N4O3. The summed E-state index contributed by atoms with van der Waals surface area (Å²) in [4.78, 5) is 39.8. The molecule has 30 heavy (non-hydrogen) atoms. The van der Waals surface area contributed by atoms with Crippen molar-refractivity contribution >= 4 is 34.8 Å². The molecule has 0 bridgehead atoms. The summed E-state index contributed by atoms with van der Waals surface area (Å²) < 4.78 is 0. The molecule has 0 atom stereocenters. The predicted molar refractivity (Wildman–Crippen MR) is 119 cm³/mol. The van der Waals surface area contributed by atoms with Crippen LogP contribution in [0.3, 0.4) is 0 Å². The number of carbonyl (C=O) groups excluding carboxylic acids is 3. The maximum atomic E-state index is 12.7. The SMILES string of the molecule is CCC(=O)Nc1ccc(C)c(NC(=O)N2CCN(c3ccc(C(C)=O)cc3)CC2)c1. The highest BCUT2D eigenvalue weighted by atomic mass is 16.2. The summed E-state index contributed by atoms with van der Waals surface area (Å²) in [5, 5.41) is 5.78. The first-order valence-electron chi connectivity index (χ1n) is 10.2. The van der Waals surface area contributed by atoms with Crippen molar-refractivity contribution in [2.75, 3.05) is 41.7 Å². The van der Waals surface area contributed by atoms with Crippen molar-refractivity contribution in [2.45, 2.75) is 27.2 Å². The van der Waals surface area contributed by atoms with Crippen LogP contribution in [0.15, 0.2) is 42.5 Å². The summed E-state index contributed by atoms with van der Waals surface area (Å²) in [7, 11) is 0. The summed E-state index contributed by atoms with van der Waals surface area (Å²) >= 11 is 0. The van der Waals surface area contributed by atoms with E-state index in [4.69, 9.17) is 0 Å². The van der Waals surface area contributed by atoms with Crippen molar-refractivity contribution in [1.29, 1.82) is 0 Å². The second-order valence-electron chi connectivity index (χ2n) is 7.44. The highest BCUT2D eigenvalue weighted by Crippen LogP contribution is 2.22. The molecule has 1 aliphatic rings. The van der Waals surface area contributed by atoms with Crippen molar-refractivity contribution in [2.24, 2.45) is 0 Å². The molecule has 1 aliphatic heterocycles. The minimum absolute atomic E-state index is 0.0525. The number of hydrogen-bond acceptors (Lipinski definition) is 4. The lowest BCUT2D eigenvalue weighted by Gasteiger charge is -2.36. The topological polar surface area (TPSA) is 81.8 Å². The molecule has 2 aromatic carbocycles. The Hall–Kier alpha value is -3.35. The fourth-order valence-corrected chi connectivity index (χ4v) is 3.35. The van der Waals surface area contributed by atoms with Crippen LogP contribution in [0.4, 0.5) is 21.9 Å². The number of piperazine rings is 1. The monoisotopic (exact) mass is 408 g/mol. The number of urea groups is 1. The zero-order valence-electron chi connectivity index (χ0n) is 17.7. The van der Waals surface area contributed by atoms with Crippen molar-refractivity contribution in [1.82, 2.24) is 4.90 Å². The van der Waals surface area contributed by atoms with Gasteiger partial charge in [0.2, 0.25) is 5.91 Å². The molecule has 2 N–H and O–H groups in total. The van der Waals surface area contributed by atoms with E-state index in [2.05, 4.69) is 15.5 Å². The van der Waals surface area contributed by atoms with Gasteiger partial charge in [-0.15, -0.1) is 0 Å². The number of nitrogens with one attached hydrogen (secondary N) is 2. The van der Waals surface area contributed by atoms with Gasteiger partial charge in [0.05, 0.1) is 0 Å². The van der Waals surface area contributed by atoms with Crippen molar-refractivity contribution in [3.63, 3.8) is 0 Å². The molecule has 3 amide bonds. The number of aryl methyl sites for hydroxylation is 1. The summed E-state index contributed by atoms with van der Waals surface area (Å²) in [5.74, 6) is -0.0137. The van der Waals surface area contributed by atoms with Crippen molar-refractivity contribution in [3.8, 4) is 0 Å². The third-order valence-electron chi connectivity index (χ3n) is 5.29. The van der Waals surface area contributed by atoms with Crippen molar-refractivity contribution in [3.05, 3.63) is 53.6 Å². The molecule has 0 saturated carbocycles. The highest BCUT2D eigenvalue weighted by molar-refractivity contribution is 5.95. The fraction of sp³-hybridized carbons (Fsp3) is 0.348. The van der Waals surface area contributed by atoms with Gasteiger partial charge in [-0.25, -0.2) is 4.79 Å². The van der Waals surface area contributed by atoms with Crippen LogP contribution in [0.1, 0.15) is 36.2 Å². The molecule has 158 valence electrons. The number of Topliss-reactive ketones (excluding diaryl/α,β-unsaturated/α-hetero) is 1. The lowest BCUT2D eigenvalue weighted by Crippen LogP contribution is -2.50. The second kappa shape index (κ2) is 9.43. The Labute approximate surface area is 177 Å². The van der Waals surface area contributed by atoms with Gasteiger partial charge < -0.3 is 20.4 Å². The number of carbonyl (C=O) groups is 3. The largest absolute Gasteiger partial charge is 0.368 e. The number of hydrogen-bond donors (Lipinski definition) is 2.